The fourth-order valence-corrected chi connectivity index (χ4v) is 3.24. The van der Waals surface area contributed by atoms with Crippen molar-refractivity contribution in [3.8, 4) is 5.75 Å². The van der Waals surface area contributed by atoms with E-state index in [2.05, 4.69) is 0 Å². The summed E-state index contributed by atoms with van der Waals surface area (Å²) in [6, 6.07) is 13.0. The second-order valence-corrected chi connectivity index (χ2v) is 6.38. The van der Waals surface area contributed by atoms with Crippen LogP contribution in [0, 0.1) is 0 Å². The normalized spacial score (nSPS) is 14.0. The van der Waals surface area contributed by atoms with Crippen LogP contribution in [0.1, 0.15) is 27.6 Å². The van der Waals surface area contributed by atoms with Gasteiger partial charge in [0, 0.05) is 0 Å². The first kappa shape index (κ1) is 17.5. The predicted molar refractivity (Wildman–Crippen MR) is 87.2 cm³/mol. The van der Waals surface area contributed by atoms with Gasteiger partial charge in [0.2, 0.25) is 0 Å². The highest BCUT2D eigenvalue weighted by Gasteiger charge is 2.31. The summed E-state index contributed by atoms with van der Waals surface area (Å²) >= 11 is 0. The molecule has 0 aromatic heterocycles. The van der Waals surface area contributed by atoms with Gasteiger partial charge in [-0.15, -0.1) is 0 Å². The molecule has 1 aliphatic heterocycles. The van der Waals surface area contributed by atoms with Crippen LogP contribution in [-0.4, -0.2) is 26.8 Å². The van der Waals surface area contributed by atoms with Crippen molar-refractivity contribution in [2.75, 3.05) is 6.61 Å². The molecule has 1 heterocycles. The van der Waals surface area contributed by atoms with Crippen LogP contribution in [0.4, 0.5) is 0 Å². The SMILES string of the molecule is CCOc1ccccc1C(N)=O.O=C1NS(=O)(=O)c2ccccc21. The minimum atomic E-state index is -3.55. The van der Waals surface area contributed by atoms with Gasteiger partial charge < -0.3 is 10.5 Å². The quantitative estimate of drug-likeness (QED) is 0.867. The van der Waals surface area contributed by atoms with Crippen LogP contribution < -0.4 is 15.2 Å². The summed E-state index contributed by atoms with van der Waals surface area (Å²) in [5.74, 6) is -0.461. The first-order valence-corrected chi connectivity index (χ1v) is 8.53. The number of hydrogen-bond donors (Lipinski definition) is 2. The van der Waals surface area contributed by atoms with E-state index in [9.17, 15) is 18.0 Å². The van der Waals surface area contributed by atoms with Gasteiger partial charge in [-0.25, -0.2) is 13.1 Å². The minimum absolute atomic E-state index is 0.0648. The molecule has 126 valence electrons. The maximum Gasteiger partial charge on any atom is 0.266 e. The Morgan fingerprint density at radius 2 is 1.75 bits per heavy atom. The third-order valence-electron chi connectivity index (χ3n) is 3.10. The second kappa shape index (κ2) is 7.14. The summed E-state index contributed by atoms with van der Waals surface area (Å²) in [5, 5.41) is 0. The molecule has 1 aliphatic rings. The van der Waals surface area contributed by atoms with E-state index in [1.54, 1.807) is 36.4 Å². The summed E-state index contributed by atoms with van der Waals surface area (Å²) in [5.41, 5.74) is 5.78. The number of primary amides is 1. The Labute approximate surface area is 139 Å². The van der Waals surface area contributed by atoms with Crippen molar-refractivity contribution >= 4 is 21.8 Å². The Bertz CT molecular complexity index is 878. The van der Waals surface area contributed by atoms with Crippen LogP contribution in [0.3, 0.4) is 0 Å². The smallest absolute Gasteiger partial charge is 0.266 e. The molecule has 0 unspecified atom stereocenters. The number of fused-ring (bicyclic) bond motifs is 1. The Morgan fingerprint density at radius 1 is 1.12 bits per heavy atom. The van der Waals surface area contributed by atoms with Gasteiger partial charge in [0.25, 0.3) is 21.8 Å². The van der Waals surface area contributed by atoms with Gasteiger partial charge in [-0.3, -0.25) is 9.59 Å². The van der Waals surface area contributed by atoms with Gasteiger partial charge in [-0.2, -0.15) is 0 Å². The number of para-hydroxylation sites is 1. The molecular formula is C16H16N2O5S. The average Bonchev–Trinajstić information content (AvgIpc) is 2.79. The van der Waals surface area contributed by atoms with Gasteiger partial charge in [-0.05, 0) is 31.2 Å². The summed E-state index contributed by atoms with van der Waals surface area (Å²) < 4.78 is 29.4. The van der Waals surface area contributed by atoms with E-state index in [4.69, 9.17) is 10.5 Å². The van der Waals surface area contributed by atoms with Crippen molar-refractivity contribution in [1.82, 2.24) is 4.72 Å². The average molecular weight is 348 g/mol. The maximum atomic E-state index is 11.1. The van der Waals surface area contributed by atoms with Crippen LogP contribution in [0.25, 0.3) is 0 Å². The topological polar surface area (TPSA) is 116 Å². The van der Waals surface area contributed by atoms with E-state index >= 15 is 0 Å². The van der Waals surface area contributed by atoms with Gasteiger partial charge in [0.05, 0.1) is 17.7 Å². The zero-order valence-corrected chi connectivity index (χ0v) is 13.7. The molecule has 8 heteroatoms. The number of carbonyl (C=O) groups is 2. The van der Waals surface area contributed by atoms with Gasteiger partial charge in [0.15, 0.2) is 0 Å². The first-order valence-electron chi connectivity index (χ1n) is 7.04. The monoisotopic (exact) mass is 348 g/mol. The van der Waals surface area contributed by atoms with Gasteiger partial charge >= 0.3 is 0 Å². The highest BCUT2D eigenvalue weighted by atomic mass is 32.2. The van der Waals surface area contributed by atoms with E-state index in [1.165, 1.54) is 12.1 Å². The molecule has 0 bridgehead atoms. The van der Waals surface area contributed by atoms with Crippen LogP contribution in [0.15, 0.2) is 53.4 Å². The molecule has 3 rings (SSSR count). The van der Waals surface area contributed by atoms with Crippen LogP contribution in [0.2, 0.25) is 0 Å². The molecule has 2 aromatic carbocycles. The van der Waals surface area contributed by atoms with Crippen molar-refractivity contribution in [3.05, 3.63) is 59.7 Å². The predicted octanol–water partition coefficient (Wildman–Crippen LogP) is 1.30. The highest BCUT2D eigenvalue weighted by molar-refractivity contribution is 7.90. The van der Waals surface area contributed by atoms with Crippen molar-refractivity contribution in [2.24, 2.45) is 5.73 Å². The molecule has 24 heavy (non-hydrogen) atoms. The number of rotatable bonds is 3. The largest absolute Gasteiger partial charge is 0.493 e. The number of ether oxygens (including phenoxy) is 1. The molecule has 2 aromatic rings. The molecule has 0 saturated heterocycles. The molecule has 0 radical (unpaired) electrons. The van der Waals surface area contributed by atoms with Crippen molar-refractivity contribution in [1.29, 1.82) is 0 Å². The highest BCUT2D eigenvalue weighted by Crippen LogP contribution is 2.20. The van der Waals surface area contributed by atoms with E-state index in [1.807, 2.05) is 11.6 Å². The Hall–Kier alpha value is -2.87. The molecule has 0 atom stereocenters. The lowest BCUT2D eigenvalue weighted by molar-refractivity contribution is 0.0980. The van der Waals surface area contributed by atoms with E-state index in [-0.39, 0.29) is 10.5 Å². The molecule has 3 N–H and O–H groups in total. The molecule has 0 spiro atoms. The van der Waals surface area contributed by atoms with Gasteiger partial charge in [0.1, 0.15) is 10.6 Å². The van der Waals surface area contributed by atoms with Crippen LogP contribution in [0.5, 0.6) is 5.75 Å². The number of nitrogens with two attached hydrogens (primary N) is 1. The standard InChI is InChI=1S/C9H11NO2.C7H5NO3S/c1-2-12-8-6-4-3-5-7(8)9(10)11;9-7-5-3-1-2-4-6(5)12(10,11)8-7/h3-6H,2H2,1H3,(H2,10,11);1-4H,(H,8,9). The van der Waals surface area contributed by atoms with E-state index < -0.39 is 21.8 Å². The number of amides is 2. The Balaban J connectivity index is 0.000000174. The van der Waals surface area contributed by atoms with Crippen LogP contribution >= 0.6 is 0 Å². The zero-order chi connectivity index (χ0) is 17.7. The Morgan fingerprint density at radius 3 is 2.38 bits per heavy atom. The summed E-state index contributed by atoms with van der Waals surface area (Å²) in [6.07, 6.45) is 0. The minimum Gasteiger partial charge on any atom is -0.493 e. The van der Waals surface area contributed by atoms with Crippen molar-refractivity contribution < 1.29 is 22.7 Å². The fraction of sp³-hybridized carbons (Fsp3) is 0.125. The Kier molecular flexibility index (Phi) is 5.20. The molecule has 7 nitrogen and oxygen atoms in total. The van der Waals surface area contributed by atoms with Crippen molar-refractivity contribution in [3.63, 3.8) is 0 Å². The molecule has 0 saturated carbocycles. The maximum absolute atomic E-state index is 11.1. The molecular weight excluding hydrogens is 332 g/mol. The lowest BCUT2D eigenvalue weighted by Gasteiger charge is -2.05. The fourth-order valence-electron chi connectivity index (χ4n) is 2.07. The summed E-state index contributed by atoms with van der Waals surface area (Å²) in [7, 11) is -3.55. The lowest BCUT2D eigenvalue weighted by atomic mass is 10.2. The number of sulfonamides is 1. The number of carbonyl (C=O) groups excluding carboxylic acids is 2. The van der Waals surface area contributed by atoms with Crippen LogP contribution in [-0.2, 0) is 10.0 Å². The van der Waals surface area contributed by atoms with E-state index in [0.29, 0.717) is 17.9 Å². The molecule has 0 fully saturated rings. The zero-order valence-electron chi connectivity index (χ0n) is 12.9. The van der Waals surface area contributed by atoms with Gasteiger partial charge in [-0.1, -0.05) is 24.3 Å². The number of benzene rings is 2. The van der Waals surface area contributed by atoms with E-state index in [0.717, 1.165) is 0 Å². The summed E-state index contributed by atoms with van der Waals surface area (Å²) in [6.45, 7) is 2.39. The van der Waals surface area contributed by atoms with Crippen molar-refractivity contribution in [2.45, 2.75) is 11.8 Å². The number of hydrogen-bond acceptors (Lipinski definition) is 5. The summed E-state index contributed by atoms with van der Waals surface area (Å²) in [4.78, 5) is 21.9. The first-order chi connectivity index (χ1) is 11.4. The third-order valence-corrected chi connectivity index (χ3v) is 4.49. The lowest BCUT2D eigenvalue weighted by Crippen LogP contribution is -2.20. The molecule has 2 amide bonds. The third kappa shape index (κ3) is 3.72. The number of nitrogens with one attached hydrogen (secondary N) is 1. The molecule has 0 aliphatic carbocycles. The second-order valence-electron chi connectivity index (χ2n) is 4.72.